The molecule has 0 amide bonds. The van der Waals surface area contributed by atoms with E-state index in [1.54, 1.807) is 12.1 Å². The molecule has 0 saturated heterocycles. The van der Waals surface area contributed by atoms with Gasteiger partial charge >= 0.3 is 0 Å². The van der Waals surface area contributed by atoms with Crippen LogP contribution in [-0.4, -0.2) is 14.4 Å². The lowest BCUT2D eigenvalue weighted by molar-refractivity contribution is 1.18. The Morgan fingerprint density at radius 3 is 3.14 bits per heavy atom. The molecule has 72 valence electrons. The maximum Gasteiger partial charge on any atom is 0.138 e. The van der Waals surface area contributed by atoms with Gasteiger partial charge in [0.2, 0.25) is 0 Å². The van der Waals surface area contributed by atoms with Crippen molar-refractivity contribution >= 4 is 34.5 Å². The van der Waals surface area contributed by atoms with Crippen molar-refractivity contribution in [3.63, 3.8) is 0 Å². The number of hydrogen-bond acceptors (Lipinski definition) is 2. The highest BCUT2D eigenvalue weighted by Crippen LogP contribution is 2.12. The van der Waals surface area contributed by atoms with Gasteiger partial charge in [-0.05, 0) is 12.1 Å². The van der Waals surface area contributed by atoms with Crippen molar-refractivity contribution in [3.05, 3.63) is 35.2 Å². The van der Waals surface area contributed by atoms with Crippen LogP contribution in [0.5, 0.6) is 0 Å². The number of nitrogens with zero attached hydrogens (tertiary/aromatic N) is 2. The third-order valence-corrected chi connectivity index (χ3v) is 2.21. The second kappa shape index (κ2) is 3.55. The van der Waals surface area contributed by atoms with E-state index in [2.05, 4.69) is 4.98 Å². The first kappa shape index (κ1) is 9.43. The number of nitrogens with two attached hydrogens (primary N) is 1. The fraction of sp³-hybridized carbons (Fsp3) is 0.111. The number of imidazole rings is 1. The summed E-state index contributed by atoms with van der Waals surface area (Å²) in [6.07, 6.45) is 4.27. The molecule has 0 aliphatic carbocycles. The Bertz CT molecular complexity index is 492. The molecule has 2 rings (SSSR count). The topological polar surface area (TPSA) is 43.3 Å². The summed E-state index contributed by atoms with van der Waals surface area (Å²) in [5.41, 5.74) is 7.10. The van der Waals surface area contributed by atoms with E-state index in [1.165, 1.54) is 0 Å². The summed E-state index contributed by atoms with van der Waals surface area (Å²) in [7, 11) is 0. The summed E-state index contributed by atoms with van der Waals surface area (Å²) in [6, 6.07) is 3.60. The average molecular weight is 226 g/mol. The van der Waals surface area contributed by atoms with Crippen molar-refractivity contribution in [2.45, 2.75) is 6.42 Å². The largest absolute Gasteiger partial charge is 0.393 e. The molecular weight excluding hydrogens is 218 g/mol. The second-order valence-corrected chi connectivity index (χ2v) is 3.95. The van der Waals surface area contributed by atoms with E-state index in [0.29, 0.717) is 16.4 Å². The molecule has 0 bridgehead atoms. The normalized spacial score (nSPS) is 10.6. The Morgan fingerprint density at radius 1 is 1.64 bits per heavy atom. The molecule has 0 radical (unpaired) electrons. The highest BCUT2D eigenvalue weighted by molar-refractivity contribution is 7.80. The lowest BCUT2D eigenvalue weighted by Gasteiger charge is -1.91. The van der Waals surface area contributed by atoms with Crippen LogP contribution in [0.4, 0.5) is 0 Å². The predicted molar refractivity (Wildman–Crippen MR) is 60.7 cm³/mol. The van der Waals surface area contributed by atoms with Crippen LogP contribution in [0.2, 0.25) is 5.02 Å². The zero-order valence-electron chi connectivity index (χ0n) is 7.27. The summed E-state index contributed by atoms with van der Waals surface area (Å²) in [5, 5.41) is 0.671. The molecule has 0 aliphatic rings. The van der Waals surface area contributed by atoms with E-state index >= 15 is 0 Å². The van der Waals surface area contributed by atoms with Crippen molar-refractivity contribution in [1.29, 1.82) is 0 Å². The van der Waals surface area contributed by atoms with Crippen LogP contribution in [0.1, 0.15) is 5.69 Å². The molecule has 0 aromatic carbocycles. The third-order valence-electron chi connectivity index (χ3n) is 1.83. The molecular formula is C9H8ClN3S. The molecule has 0 aliphatic heterocycles. The van der Waals surface area contributed by atoms with Gasteiger partial charge in [0.25, 0.3) is 0 Å². The first-order valence-electron chi connectivity index (χ1n) is 4.06. The minimum absolute atomic E-state index is 0.444. The monoisotopic (exact) mass is 225 g/mol. The Labute approximate surface area is 91.5 Å². The Kier molecular flexibility index (Phi) is 2.39. The van der Waals surface area contributed by atoms with Crippen LogP contribution in [0.15, 0.2) is 24.5 Å². The first-order valence-corrected chi connectivity index (χ1v) is 4.85. The van der Waals surface area contributed by atoms with E-state index in [9.17, 15) is 0 Å². The van der Waals surface area contributed by atoms with Crippen molar-refractivity contribution in [3.8, 4) is 0 Å². The van der Waals surface area contributed by atoms with Crippen LogP contribution >= 0.6 is 23.8 Å². The molecule has 0 fully saturated rings. The average Bonchev–Trinajstić information content (AvgIpc) is 2.44. The van der Waals surface area contributed by atoms with Crippen molar-refractivity contribution in [2.75, 3.05) is 0 Å². The number of hydrogen-bond donors (Lipinski definition) is 1. The number of rotatable bonds is 2. The van der Waals surface area contributed by atoms with Gasteiger partial charge in [0.05, 0.1) is 10.7 Å². The zero-order chi connectivity index (χ0) is 10.1. The van der Waals surface area contributed by atoms with Crippen LogP contribution in [0.25, 0.3) is 5.65 Å². The molecule has 2 aromatic heterocycles. The van der Waals surface area contributed by atoms with E-state index in [0.717, 1.165) is 11.3 Å². The minimum Gasteiger partial charge on any atom is -0.393 e. The van der Waals surface area contributed by atoms with Crippen LogP contribution in [0.3, 0.4) is 0 Å². The van der Waals surface area contributed by atoms with Gasteiger partial charge in [-0.25, -0.2) is 4.98 Å². The SMILES string of the molecule is NC(=S)Cc1cn2ccc(Cl)cc2n1. The van der Waals surface area contributed by atoms with Gasteiger partial charge in [0, 0.05) is 23.8 Å². The Hall–Kier alpha value is -1.13. The maximum absolute atomic E-state index is 5.83. The molecule has 2 N–H and O–H groups in total. The van der Waals surface area contributed by atoms with Crippen molar-refractivity contribution in [2.24, 2.45) is 5.73 Å². The van der Waals surface area contributed by atoms with Gasteiger partial charge in [0.15, 0.2) is 0 Å². The number of pyridine rings is 1. The smallest absolute Gasteiger partial charge is 0.138 e. The maximum atomic E-state index is 5.83. The number of halogens is 1. The molecule has 0 spiro atoms. The summed E-state index contributed by atoms with van der Waals surface area (Å²) in [6.45, 7) is 0. The zero-order valence-corrected chi connectivity index (χ0v) is 8.85. The Balaban J connectivity index is 2.46. The van der Waals surface area contributed by atoms with Gasteiger partial charge in [-0.1, -0.05) is 23.8 Å². The summed E-state index contributed by atoms with van der Waals surface area (Å²) in [5.74, 6) is 0. The lowest BCUT2D eigenvalue weighted by atomic mass is 10.3. The van der Waals surface area contributed by atoms with Gasteiger partial charge in [-0.2, -0.15) is 0 Å². The second-order valence-electron chi connectivity index (χ2n) is 2.99. The molecule has 2 aromatic rings. The van der Waals surface area contributed by atoms with E-state index in [4.69, 9.17) is 29.6 Å². The molecule has 5 heteroatoms. The quantitative estimate of drug-likeness (QED) is 0.793. The van der Waals surface area contributed by atoms with Crippen LogP contribution in [0, 0.1) is 0 Å². The van der Waals surface area contributed by atoms with Gasteiger partial charge < -0.3 is 10.1 Å². The van der Waals surface area contributed by atoms with E-state index < -0.39 is 0 Å². The van der Waals surface area contributed by atoms with Crippen LogP contribution < -0.4 is 5.73 Å². The number of thiocarbonyl (C=S) groups is 1. The fourth-order valence-electron chi connectivity index (χ4n) is 1.27. The van der Waals surface area contributed by atoms with E-state index in [-0.39, 0.29) is 0 Å². The number of fused-ring (bicyclic) bond motifs is 1. The van der Waals surface area contributed by atoms with Crippen molar-refractivity contribution in [1.82, 2.24) is 9.38 Å². The van der Waals surface area contributed by atoms with Crippen molar-refractivity contribution < 1.29 is 0 Å². The van der Waals surface area contributed by atoms with Crippen LogP contribution in [-0.2, 0) is 6.42 Å². The molecule has 3 nitrogen and oxygen atoms in total. The first-order chi connectivity index (χ1) is 6.65. The predicted octanol–water partition coefficient (Wildman–Crippen LogP) is 1.82. The number of aromatic nitrogens is 2. The molecule has 2 heterocycles. The molecule has 0 saturated carbocycles. The standard InChI is InChI=1S/C9H8ClN3S/c10-6-1-2-13-5-7(4-8(11)14)12-9(13)3-6/h1-3,5H,4H2,(H2,11,14). The molecule has 0 unspecified atom stereocenters. The van der Waals surface area contributed by atoms with E-state index in [1.807, 2.05) is 16.8 Å². The van der Waals surface area contributed by atoms with Gasteiger partial charge in [-0.3, -0.25) is 0 Å². The molecule has 14 heavy (non-hydrogen) atoms. The summed E-state index contributed by atoms with van der Waals surface area (Å²) >= 11 is 10.6. The van der Waals surface area contributed by atoms with Gasteiger partial charge in [-0.15, -0.1) is 0 Å². The lowest BCUT2D eigenvalue weighted by Crippen LogP contribution is -2.11. The minimum atomic E-state index is 0.444. The Morgan fingerprint density at radius 2 is 2.43 bits per heavy atom. The molecule has 0 atom stereocenters. The fourth-order valence-corrected chi connectivity index (χ4v) is 1.58. The highest BCUT2D eigenvalue weighted by Gasteiger charge is 2.02. The summed E-state index contributed by atoms with van der Waals surface area (Å²) < 4.78 is 1.89. The van der Waals surface area contributed by atoms with Gasteiger partial charge in [0.1, 0.15) is 5.65 Å². The highest BCUT2D eigenvalue weighted by atomic mass is 35.5. The third kappa shape index (κ3) is 1.86. The summed E-state index contributed by atoms with van der Waals surface area (Å²) in [4.78, 5) is 4.77.